The maximum Gasteiger partial charge on any atom is 0.310 e. The summed E-state index contributed by atoms with van der Waals surface area (Å²) in [5, 5.41) is 9.32. The summed E-state index contributed by atoms with van der Waals surface area (Å²) >= 11 is 0. The van der Waals surface area contributed by atoms with E-state index in [1.54, 1.807) is 0 Å². The Hall–Kier alpha value is -1.31. The van der Waals surface area contributed by atoms with Crippen LogP contribution in [0.5, 0.6) is 0 Å². The molecule has 0 aromatic heterocycles. The third-order valence-electron chi connectivity index (χ3n) is 3.53. The minimum Gasteiger partial charge on any atom is -0.481 e. The minimum absolute atomic E-state index is 0.346. The van der Waals surface area contributed by atoms with E-state index >= 15 is 0 Å². The lowest BCUT2D eigenvalue weighted by atomic mass is 9.89. The summed E-state index contributed by atoms with van der Waals surface area (Å²) in [5.74, 6) is -0.637. The average molecular weight is 232 g/mol. The highest BCUT2D eigenvalue weighted by Crippen LogP contribution is 2.29. The van der Waals surface area contributed by atoms with Crippen LogP contribution >= 0.6 is 0 Å². The zero-order valence-corrected chi connectivity index (χ0v) is 10.6. The minimum atomic E-state index is -0.698. The first-order valence-electron chi connectivity index (χ1n) is 6.42. The summed E-state index contributed by atoms with van der Waals surface area (Å²) in [7, 11) is 0. The van der Waals surface area contributed by atoms with E-state index in [2.05, 4.69) is 26.0 Å². The Kier molecular flexibility index (Phi) is 3.51. The van der Waals surface area contributed by atoms with Crippen LogP contribution in [0.15, 0.2) is 18.2 Å². The van der Waals surface area contributed by atoms with Gasteiger partial charge in [0.25, 0.3) is 0 Å². The van der Waals surface area contributed by atoms with E-state index in [-0.39, 0.29) is 5.92 Å². The molecule has 0 amide bonds. The van der Waals surface area contributed by atoms with Gasteiger partial charge in [0.1, 0.15) is 0 Å². The molecular formula is C15H20O2. The number of carboxylic acids is 1. The number of aliphatic carboxylic acids is 1. The number of carbonyl (C=O) groups is 1. The fraction of sp³-hybridized carbons (Fsp3) is 0.533. The van der Waals surface area contributed by atoms with Gasteiger partial charge >= 0.3 is 5.97 Å². The van der Waals surface area contributed by atoms with Crippen LogP contribution in [0.1, 0.15) is 49.3 Å². The first-order chi connectivity index (χ1) is 8.08. The Balaban J connectivity index is 2.27. The van der Waals surface area contributed by atoms with Crippen molar-refractivity contribution in [3.63, 3.8) is 0 Å². The van der Waals surface area contributed by atoms with Gasteiger partial charge in [-0.2, -0.15) is 0 Å². The second-order valence-electron chi connectivity index (χ2n) is 5.40. The molecule has 0 spiro atoms. The first kappa shape index (κ1) is 12.2. The summed E-state index contributed by atoms with van der Waals surface area (Å²) in [6, 6.07) is 6.24. The molecule has 1 aromatic rings. The zero-order chi connectivity index (χ0) is 12.4. The van der Waals surface area contributed by atoms with Crippen LogP contribution in [0, 0.1) is 5.92 Å². The summed E-state index contributed by atoms with van der Waals surface area (Å²) < 4.78 is 0. The molecule has 0 fully saturated rings. The molecule has 0 saturated heterocycles. The molecular weight excluding hydrogens is 212 g/mol. The van der Waals surface area contributed by atoms with Crippen LogP contribution in [0.25, 0.3) is 0 Å². The van der Waals surface area contributed by atoms with E-state index in [1.165, 1.54) is 17.5 Å². The average Bonchev–Trinajstić information content (AvgIpc) is 2.72. The van der Waals surface area contributed by atoms with Gasteiger partial charge in [0.15, 0.2) is 0 Å². The monoisotopic (exact) mass is 232 g/mol. The topological polar surface area (TPSA) is 37.3 Å². The number of aryl methyl sites for hydroxylation is 2. The number of rotatable bonds is 4. The fourth-order valence-corrected chi connectivity index (χ4v) is 2.66. The van der Waals surface area contributed by atoms with E-state index in [9.17, 15) is 9.90 Å². The second-order valence-corrected chi connectivity index (χ2v) is 5.40. The number of fused-ring (bicyclic) bond motifs is 1. The lowest BCUT2D eigenvalue weighted by Crippen LogP contribution is -2.14. The quantitative estimate of drug-likeness (QED) is 0.864. The molecule has 1 aliphatic carbocycles. The van der Waals surface area contributed by atoms with Crippen molar-refractivity contribution in [1.82, 2.24) is 0 Å². The maximum atomic E-state index is 11.3. The Bertz CT molecular complexity index is 421. The predicted octanol–water partition coefficient (Wildman–Crippen LogP) is 3.39. The van der Waals surface area contributed by atoms with Gasteiger partial charge in [-0.1, -0.05) is 32.0 Å². The van der Waals surface area contributed by atoms with Gasteiger partial charge in [0.05, 0.1) is 5.92 Å². The molecule has 0 radical (unpaired) electrons. The molecule has 92 valence electrons. The molecule has 0 bridgehead atoms. The molecule has 2 heteroatoms. The second kappa shape index (κ2) is 4.91. The highest BCUT2D eigenvalue weighted by atomic mass is 16.4. The van der Waals surface area contributed by atoms with Crippen molar-refractivity contribution in [2.75, 3.05) is 0 Å². The fourth-order valence-electron chi connectivity index (χ4n) is 2.66. The Morgan fingerprint density at radius 2 is 2.00 bits per heavy atom. The van der Waals surface area contributed by atoms with Gasteiger partial charge in [-0.3, -0.25) is 4.79 Å². The van der Waals surface area contributed by atoms with Crippen molar-refractivity contribution in [2.24, 2.45) is 5.92 Å². The summed E-state index contributed by atoms with van der Waals surface area (Å²) in [6.07, 6.45) is 4.18. The third kappa shape index (κ3) is 2.68. The molecule has 1 unspecified atom stereocenters. The summed E-state index contributed by atoms with van der Waals surface area (Å²) in [4.78, 5) is 11.3. The van der Waals surface area contributed by atoms with Crippen LogP contribution in [-0.2, 0) is 17.6 Å². The first-order valence-corrected chi connectivity index (χ1v) is 6.42. The molecule has 0 saturated carbocycles. The smallest absolute Gasteiger partial charge is 0.310 e. The van der Waals surface area contributed by atoms with Crippen LogP contribution in [-0.4, -0.2) is 11.1 Å². The van der Waals surface area contributed by atoms with E-state index in [1.807, 2.05) is 6.07 Å². The van der Waals surface area contributed by atoms with Crippen molar-refractivity contribution >= 4 is 5.97 Å². The van der Waals surface area contributed by atoms with Crippen molar-refractivity contribution in [1.29, 1.82) is 0 Å². The highest BCUT2D eigenvalue weighted by molar-refractivity contribution is 5.76. The number of benzene rings is 1. The predicted molar refractivity (Wildman–Crippen MR) is 68.3 cm³/mol. The van der Waals surface area contributed by atoms with Crippen molar-refractivity contribution < 1.29 is 9.90 Å². The Morgan fingerprint density at radius 1 is 1.29 bits per heavy atom. The third-order valence-corrected chi connectivity index (χ3v) is 3.53. The van der Waals surface area contributed by atoms with Crippen LogP contribution in [0.3, 0.4) is 0 Å². The number of hydrogen-bond donors (Lipinski definition) is 1. The molecule has 2 rings (SSSR count). The van der Waals surface area contributed by atoms with Gasteiger partial charge in [-0.15, -0.1) is 0 Å². The van der Waals surface area contributed by atoms with E-state index in [4.69, 9.17) is 0 Å². The molecule has 1 N–H and O–H groups in total. The van der Waals surface area contributed by atoms with E-state index < -0.39 is 5.97 Å². The SMILES string of the molecule is CC(C)CC(C(=O)O)c1ccc2c(c1)CCC2. The largest absolute Gasteiger partial charge is 0.481 e. The number of carboxylic acid groups (broad SMARTS) is 1. The molecule has 0 aliphatic heterocycles. The summed E-state index contributed by atoms with van der Waals surface area (Å²) in [5.41, 5.74) is 3.74. The maximum absolute atomic E-state index is 11.3. The standard InChI is InChI=1S/C15H20O2/c1-10(2)8-14(15(16)17)13-7-6-11-4-3-5-12(11)9-13/h6-7,9-10,14H,3-5,8H2,1-2H3,(H,16,17). The van der Waals surface area contributed by atoms with Crippen LogP contribution < -0.4 is 0 Å². The Morgan fingerprint density at radius 3 is 2.65 bits per heavy atom. The summed E-state index contributed by atoms with van der Waals surface area (Å²) in [6.45, 7) is 4.15. The lowest BCUT2D eigenvalue weighted by Gasteiger charge is -2.16. The molecule has 17 heavy (non-hydrogen) atoms. The van der Waals surface area contributed by atoms with Crippen molar-refractivity contribution in [3.05, 3.63) is 34.9 Å². The van der Waals surface area contributed by atoms with Crippen LogP contribution in [0.4, 0.5) is 0 Å². The highest BCUT2D eigenvalue weighted by Gasteiger charge is 2.22. The molecule has 0 heterocycles. The molecule has 1 aliphatic rings. The number of hydrogen-bond acceptors (Lipinski definition) is 1. The van der Waals surface area contributed by atoms with Gasteiger partial charge in [0.2, 0.25) is 0 Å². The van der Waals surface area contributed by atoms with Gasteiger partial charge in [-0.25, -0.2) is 0 Å². The van der Waals surface area contributed by atoms with Crippen molar-refractivity contribution in [2.45, 2.75) is 45.4 Å². The normalized spacial score (nSPS) is 15.9. The van der Waals surface area contributed by atoms with Gasteiger partial charge in [0, 0.05) is 0 Å². The van der Waals surface area contributed by atoms with Crippen molar-refractivity contribution in [3.8, 4) is 0 Å². The Labute approximate surface area is 103 Å². The van der Waals surface area contributed by atoms with E-state index in [0.717, 1.165) is 18.4 Å². The molecule has 1 aromatic carbocycles. The van der Waals surface area contributed by atoms with Gasteiger partial charge < -0.3 is 5.11 Å². The van der Waals surface area contributed by atoms with Crippen LogP contribution in [0.2, 0.25) is 0 Å². The molecule has 1 atom stereocenters. The zero-order valence-electron chi connectivity index (χ0n) is 10.6. The van der Waals surface area contributed by atoms with E-state index in [0.29, 0.717) is 12.3 Å². The molecule has 2 nitrogen and oxygen atoms in total. The lowest BCUT2D eigenvalue weighted by molar-refractivity contribution is -0.139. The van der Waals surface area contributed by atoms with Gasteiger partial charge in [-0.05, 0) is 48.3 Å².